The predicted octanol–water partition coefficient (Wildman–Crippen LogP) is 12.1. The highest BCUT2D eigenvalue weighted by molar-refractivity contribution is 6.07. The van der Waals surface area contributed by atoms with Gasteiger partial charge in [0, 0.05) is 44.0 Å². The van der Waals surface area contributed by atoms with Crippen LogP contribution in [-0.2, 0) is 0 Å². The minimum atomic E-state index is -1.13. The number of fused-ring (bicyclic) bond motifs is 6. The van der Waals surface area contributed by atoms with Gasteiger partial charge in [0.2, 0.25) is 5.95 Å². The topological polar surface area (TPSA) is 68.2 Å². The Kier molecular flexibility index (Phi) is 2.87. The van der Waals surface area contributed by atoms with Crippen LogP contribution in [0.4, 0.5) is 17.3 Å². The first kappa shape index (κ1) is 12.4. The lowest BCUT2D eigenvalue weighted by Crippen LogP contribution is -2.15. The van der Waals surface area contributed by atoms with Crippen LogP contribution in [0.5, 0.6) is 0 Å². The van der Waals surface area contributed by atoms with Gasteiger partial charge in [0.15, 0.2) is 11.6 Å². The van der Waals surface area contributed by atoms with Crippen molar-refractivity contribution in [1.82, 2.24) is 15.0 Å². The van der Waals surface area contributed by atoms with Crippen LogP contribution in [0, 0.1) is 0 Å². The Morgan fingerprint density at radius 3 is 1.65 bits per heavy atom. The maximum Gasteiger partial charge on any atom is 0.238 e. The van der Waals surface area contributed by atoms with Crippen LogP contribution < -0.4 is 4.90 Å². The van der Waals surface area contributed by atoms with Gasteiger partial charge in [0.1, 0.15) is 22.3 Å². The molecular formula is C45H28N4O2. The van der Waals surface area contributed by atoms with Crippen molar-refractivity contribution in [3.8, 4) is 33.9 Å². The van der Waals surface area contributed by atoms with Crippen molar-refractivity contribution in [1.29, 1.82) is 0 Å². The molecule has 0 aliphatic carbocycles. The molecule has 6 heteroatoms. The summed E-state index contributed by atoms with van der Waals surface area (Å²) < 4.78 is 258. The Bertz CT molecular complexity index is 4410. The van der Waals surface area contributed by atoms with Crippen LogP contribution >= 0.6 is 0 Å². The molecule has 0 fully saturated rings. The number of benzene rings is 7. The Morgan fingerprint density at radius 1 is 0.373 bits per heavy atom. The zero-order valence-electron chi connectivity index (χ0n) is 53.1. The second kappa shape index (κ2) is 11.8. The molecule has 0 radical (unpaired) electrons. The molecule has 0 saturated heterocycles. The first-order chi connectivity index (χ1) is 36.9. The Morgan fingerprint density at radius 2 is 0.902 bits per heavy atom. The highest BCUT2D eigenvalue weighted by Crippen LogP contribution is 2.39. The highest BCUT2D eigenvalue weighted by Gasteiger charge is 2.21. The van der Waals surface area contributed by atoms with Gasteiger partial charge in [-0.15, -0.1) is 0 Å². The highest BCUT2D eigenvalue weighted by atomic mass is 16.3. The molecule has 0 amide bonds. The lowest BCUT2D eigenvalue weighted by Gasteiger charge is -2.24. The summed E-state index contributed by atoms with van der Waals surface area (Å²) in [5.41, 5.74) is -7.78. The molecule has 0 unspecified atom stereocenters. The molecule has 0 spiro atoms. The average molecular weight is 685 g/mol. The molecule has 0 saturated carbocycles. The van der Waals surface area contributed by atoms with E-state index in [1.54, 1.807) is 0 Å². The molecular weight excluding hydrogens is 629 g/mol. The van der Waals surface area contributed by atoms with Crippen molar-refractivity contribution in [3.63, 3.8) is 0 Å². The number of hydrogen-bond donors (Lipinski definition) is 0. The van der Waals surface area contributed by atoms with E-state index in [1.807, 2.05) is 0 Å². The van der Waals surface area contributed by atoms with E-state index >= 15 is 0 Å². The number of nitrogens with zero attached hydrogens (tertiary/aromatic N) is 4. The minimum Gasteiger partial charge on any atom is -0.456 e. The zero-order valence-corrected chi connectivity index (χ0v) is 25.1. The van der Waals surface area contributed by atoms with E-state index in [9.17, 15) is 13.7 Å². The third-order valence-corrected chi connectivity index (χ3v) is 7.34. The van der Waals surface area contributed by atoms with E-state index in [4.69, 9.17) is 33.5 Å². The first-order valence-corrected chi connectivity index (χ1v) is 14.6. The maximum atomic E-state index is 9.72. The number of furan rings is 2. The zero-order chi connectivity index (χ0) is 58.1. The molecule has 7 aromatic carbocycles. The summed E-state index contributed by atoms with van der Waals surface area (Å²) in [5.74, 6) is -3.14. The number of rotatable bonds is 6. The van der Waals surface area contributed by atoms with Crippen LogP contribution in [0.15, 0.2) is 178 Å². The summed E-state index contributed by atoms with van der Waals surface area (Å²) in [6.07, 6.45) is 0. The SMILES string of the molecule is [2H]c1c([2H])c([2H])c(-c2c([2H])c([2H])c(-c3nc(-c4c([2H])c([2H])c5c(oc6c([2H])c([2H])c([2H])c([2H])c65)c4[2H])nc(N(c4c([2H])c([2H])c([2H])c([2H])c4[2H])c4c([2H])c([2H])c5oc6c([2H])c([2H])c([2H])c([2H])c6c5c4[2H])n3)c([2H])c2[2H])c([2H])c1[2H]. The Hall–Kier alpha value is -7.05. The van der Waals surface area contributed by atoms with Gasteiger partial charge in [-0.2, -0.15) is 9.97 Å². The Labute approximate surface area is 332 Å². The van der Waals surface area contributed by atoms with Crippen LogP contribution in [0.25, 0.3) is 77.8 Å². The quantitative estimate of drug-likeness (QED) is 0.174. The molecule has 0 bridgehead atoms. The molecule has 0 aliphatic heterocycles. The van der Waals surface area contributed by atoms with Gasteiger partial charge in [-0.3, -0.25) is 4.90 Å². The molecule has 0 atom stereocenters. The van der Waals surface area contributed by atoms with Crippen LogP contribution in [0.1, 0.15) is 38.4 Å². The lowest BCUT2D eigenvalue weighted by atomic mass is 10.0. The van der Waals surface area contributed by atoms with E-state index < -0.39 is 264 Å². The van der Waals surface area contributed by atoms with E-state index in [1.165, 1.54) is 0 Å². The van der Waals surface area contributed by atoms with E-state index in [-0.39, 0.29) is 0 Å². The number of aromatic nitrogens is 3. The van der Waals surface area contributed by atoms with Gasteiger partial charge < -0.3 is 8.83 Å². The van der Waals surface area contributed by atoms with Crippen LogP contribution in [0.3, 0.4) is 0 Å². The van der Waals surface area contributed by atoms with Gasteiger partial charge in [0.05, 0.1) is 38.4 Å². The fraction of sp³-hybridized carbons (Fsp3) is 0. The molecule has 0 N–H and O–H groups in total. The summed E-state index contributed by atoms with van der Waals surface area (Å²) in [6.45, 7) is 0. The molecule has 51 heavy (non-hydrogen) atoms. The van der Waals surface area contributed by atoms with Crippen molar-refractivity contribution < 1.29 is 47.2 Å². The predicted molar refractivity (Wildman–Crippen MR) is 205 cm³/mol. The summed E-state index contributed by atoms with van der Waals surface area (Å²) in [4.78, 5) is 13.6. The summed E-state index contributed by atoms with van der Waals surface area (Å²) in [5, 5.41) is -1.96. The second-order valence-electron chi connectivity index (χ2n) is 10.3. The summed E-state index contributed by atoms with van der Waals surface area (Å²) >= 11 is 0. The van der Waals surface area contributed by atoms with Crippen LogP contribution in [0.2, 0.25) is 0 Å². The smallest absolute Gasteiger partial charge is 0.238 e. The van der Waals surface area contributed by atoms with E-state index in [0.717, 1.165) is 0 Å². The van der Waals surface area contributed by atoms with Crippen molar-refractivity contribution >= 4 is 61.2 Å². The van der Waals surface area contributed by atoms with E-state index in [0.29, 0.717) is 4.90 Å². The molecule has 3 heterocycles. The maximum absolute atomic E-state index is 9.72. The van der Waals surface area contributed by atoms with Gasteiger partial charge in [-0.1, -0.05) is 115 Å². The van der Waals surface area contributed by atoms with E-state index in [2.05, 4.69) is 15.0 Å². The molecule has 6 nitrogen and oxygen atoms in total. The van der Waals surface area contributed by atoms with Gasteiger partial charge in [-0.05, 0) is 65.5 Å². The summed E-state index contributed by atoms with van der Waals surface area (Å²) in [6, 6.07) is -26.2. The normalized spacial score (nSPS) is 19.2. The molecule has 3 aromatic heterocycles. The summed E-state index contributed by atoms with van der Waals surface area (Å²) in [7, 11) is 0. The third-order valence-electron chi connectivity index (χ3n) is 7.34. The number of hydrogen-bond acceptors (Lipinski definition) is 6. The third kappa shape index (κ3) is 5.09. The molecule has 10 aromatic rings. The Balaban J connectivity index is 1.41. The average Bonchev–Trinajstić information content (AvgIpc) is 4.09. The number of anilines is 3. The molecule has 10 rings (SSSR count). The first-order valence-electron chi connectivity index (χ1n) is 28.6. The number of para-hydroxylation sites is 3. The monoisotopic (exact) mass is 684 g/mol. The fourth-order valence-electron chi connectivity index (χ4n) is 5.09. The van der Waals surface area contributed by atoms with Gasteiger partial charge >= 0.3 is 0 Å². The van der Waals surface area contributed by atoms with Crippen molar-refractivity contribution in [2.75, 3.05) is 4.90 Å². The van der Waals surface area contributed by atoms with Gasteiger partial charge in [0.25, 0.3) is 0 Å². The van der Waals surface area contributed by atoms with Crippen molar-refractivity contribution in [3.05, 3.63) is 169 Å². The fourth-order valence-corrected chi connectivity index (χ4v) is 5.09. The minimum absolute atomic E-state index is 0.407. The second-order valence-corrected chi connectivity index (χ2v) is 10.3. The lowest BCUT2D eigenvalue weighted by molar-refractivity contribution is 0.668. The standard InChI is InChI=1S/C45H28N4O2/c1-3-11-29(12-4-1)30-19-21-31(22-20-30)43-46-44(32-23-25-37-35-15-7-9-17-39(35)51-42(37)27-32)48-45(47-43)49(33-13-5-2-6-14-33)34-24-26-41-38(28-34)36-16-8-10-18-40(36)50-41/h1-28H/i1D,2D,3D,4D,5D,6D,7D,8D,9D,10D,11D,12D,13D,14D,15D,16D,17D,18D,19D,20D,21D,22D,23D,24D,25D,26D,27D,28D. The van der Waals surface area contributed by atoms with Gasteiger partial charge in [-0.25, -0.2) is 4.98 Å². The molecule has 240 valence electrons. The van der Waals surface area contributed by atoms with Crippen LogP contribution in [-0.4, -0.2) is 15.0 Å². The largest absolute Gasteiger partial charge is 0.456 e. The van der Waals surface area contributed by atoms with Crippen molar-refractivity contribution in [2.24, 2.45) is 0 Å². The molecule has 0 aliphatic rings. The van der Waals surface area contributed by atoms with Crippen molar-refractivity contribution in [2.45, 2.75) is 0 Å².